The Balaban J connectivity index is 2.16. The van der Waals surface area contributed by atoms with E-state index in [-0.39, 0.29) is 0 Å². The average molecular weight is 210 g/mol. The maximum Gasteiger partial charge on any atom is 0.132 e. The maximum absolute atomic E-state index is 9.80. The molecule has 1 N–H and O–H groups in total. The minimum absolute atomic E-state index is 0.416. The van der Waals surface area contributed by atoms with Crippen LogP contribution < -0.4 is 0 Å². The van der Waals surface area contributed by atoms with Gasteiger partial charge in [0.1, 0.15) is 17.6 Å². The first-order valence-electron chi connectivity index (χ1n) is 5.98. The standard InChI is InChI=1S/C13H22O2/c1-3-4-5-6-7-8-12(14)13-10-9-11(2)15-13/h9-10,12,14H,3-8H2,1-2H3. The number of hydrogen-bond acceptors (Lipinski definition) is 2. The van der Waals surface area contributed by atoms with E-state index in [1.807, 2.05) is 19.1 Å². The van der Waals surface area contributed by atoms with E-state index < -0.39 is 6.10 Å². The van der Waals surface area contributed by atoms with E-state index in [1.165, 1.54) is 25.7 Å². The quantitative estimate of drug-likeness (QED) is 0.690. The van der Waals surface area contributed by atoms with Crippen molar-refractivity contribution in [3.05, 3.63) is 23.7 Å². The van der Waals surface area contributed by atoms with Gasteiger partial charge in [0, 0.05) is 0 Å². The van der Waals surface area contributed by atoms with Crippen molar-refractivity contribution in [1.82, 2.24) is 0 Å². The highest BCUT2D eigenvalue weighted by Gasteiger charge is 2.10. The molecule has 0 bridgehead atoms. The van der Waals surface area contributed by atoms with E-state index >= 15 is 0 Å². The minimum Gasteiger partial charge on any atom is -0.464 e. The molecule has 0 amide bonds. The monoisotopic (exact) mass is 210 g/mol. The summed E-state index contributed by atoms with van der Waals surface area (Å²) in [5.74, 6) is 1.58. The van der Waals surface area contributed by atoms with Crippen LogP contribution in [0, 0.1) is 6.92 Å². The Bertz CT molecular complexity index is 265. The molecular formula is C13H22O2. The Kier molecular flexibility index (Phi) is 5.48. The van der Waals surface area contributed by atoms with E-state index in [9.17, 15) is 5.11 Å². The van der Waals surface area contributed by atoms with Crippen LogP contribution in [0.25, 0.3) is 0 Å². The zero-order valence-electron chi connectivity index (χ0n) is 9.83. The van der Waals surface area contributed by atoms with Gasteiger partial charge in [-0.3, -0.25) is 0 Å². The number of aliphatic hydroxyl groups excluding tert-OH is 1. The Hall–Kier alpha value is -0.760. The molecule has 0 saturated heterocycles. The molecule has 1 aromatic rings. The summed E-state index contributed by atoms with van der Waals surface area (Å²) >= 11 is 0. The largest absolute Gasteiger partial charge is 0.464 e. The lowest BCUT2D eigenvalue weighted by molar-refractivity contribution is 0.135. The number of unbranched alkanes of at least 4 members (excludes halogenated alkanes) is 4. The van der Waals surface area contributed by atoms with Crippen LogP contribution in [0.3, 0.4) is 0 Å². The lowest BCUT2D eigenvalue weighted by Gasteiger charge is -2.07. The van der Waals surface area contributed by atoms with E-state index in [2.05, 4.69) is 6.92 Å². The molecule has 1 unspecified atom stereocenters. The predicted octanol–water partition coefficient (Wildman–Crippen LogP) is 3.98. The molecule has 0 aliphatic rings. The summed E-state index contributed by atoms with van der Waals surface area (Å²) in [4.78, 5) is 0. The van der Waals surface area contributed by atoms with Gasteiger partial charge in [0.2, 0.25) is 0 Å². The Morgan fingerprint density at radius 3 is 2.53 bits per heavy atom. The molecule has 1 aromatic heterocycles. The van der Waals surface area contributed by atoms with Crippen LogP contribution in [0.1, 0.15) is 63.1 Å². The summed E-state index contributed by atoms with van der Waals surface area (Å²) in [7, 11) is 0. The van der Waals surface area contributed by atoms with Crippen LogP contribution in [-0.2, 0) is 0 Å². The van der Waals surface area contributed by atoms with Crippen LogP contribution >= 0.6 is 0 Å². The summed E-state index contributed by atoms with van der Waals surface area (Å²) in [5.41, 5.74) is 0. The Morgan fingerprint density at radius 1 is 1.20 bits per heavy atom. The van der Waals surface area contributed by atoms with Crippen molar-refractivity contribution in [3.8, 4) is 0 Å². The fraction of sp³-hybridized carbons (Fsp3) is 0.692. The SMILES string of the molecule is CCCCCCCC(O)c1ccc(C)o1. The fourth-order valence-electron chi connectivity index (χ4n) is 1.72. The summed E-state index contributed by atoms with van der Waals surface area (Å²) in [6.45, 7) is 4.11. The molecule has 15 heavy (non-hydrogen) atoms. The average Bonchev–Trinajstić information content (AvgIpc) is 2.64. The van der Waals surface area contributed by atoms with Gasteiger partial charge in [-0.1, -0.05) is 39.0 Å². The van der Waals surface area contributed by atoms with Crippen LogP contribution in [0.2, 0.25) is 0 Å². The lowest BCUT2D eigenvalue weighted by atomic mass is 10.1. The fourth-order valence-corrected chi connectivity index (χ4v) is 1.72. The zero-order chi connectivity index (χ0) is 11.1. The van der Waals surface area contributed by atoms with Gasteiger partial charge in [0.05, 0.1) is 0 Å². The number of hydrogen-bond donors (Lipinski definition) is 1. The van der Waals surface area contributed by atoms with Crippen molar-refractivity contribution < 1.29 is 9.52 Å². The molecule has 1 atom stereocenters. The minimum atomic E-state index is -0.416. The smallest absolute Gasteiger partial charge is 0.132 e. The Morgan fingerprint density at radius 2 is 1.93 bits per heavy atom. The van der Waals surface area contributed by atoms with Crippen LogP contribution in [0.4, 0.5) is 0 Å². The van der Waals surface area contributed by atoms with E-state index in [0.29, 0.717) is 5.76 Å². The molecule has 1 rings (SSSR count). The number of aliphatic hydroxyl groups is 1. The zero-order valence-corrected chi connectivity index (χ0v) is 9.83. The molecule has 0 radical (unpaired) electrons. The van der Waals surface area contributed by atoms with Crippen molar-refractivity contribution in [2.75, 3.05) is 0 Å². The first kappa shape index (κ1) is 12.3. The van der Waals surface area contributed by atoms with Gasteiger partial charge in [0.15, 0.2) is 0 Å². The van der Waals surface area contributed by atoms with Crippen molar-refractivity contribution in [2.24, 2.45) is 0 Å². The van der Waals surface area contributed by atoms with Crippen molar-refractivity contribution in [1.29, 1.82) is 0 Å². The first-order chi connectivity index (χ1) is 7.24. The van der Waals surface area contributed by atoms with Gasteiger partial charge in [-0.2, -0.15) is 0 Å². The normalized spacial score (nSPS) is 13.0. The first-order valence-corrected chi connectivity index (χ1v) is 5.98. The molecule has 0 fully saturated rings. The second-order valence-corrected chi connectivity index (χ2v) is 4.17. The second-order valence-electron chi connectivity index (χ2n) is 4.17. The van der Waals surface area contributed by atoms with Crippen LogP contribution in [0.5, 0.6) is 0 Å². The molecule has 0 saturated carbocycles. The molecule has 0 aliphatic carbocycles. The lowest BCUT2D eigenvalue weighted by Crippen LogP contribution is -1.95. The van der Waals surface area contributed by atoms with Gasteiger partial charge in [0.25, 0.3) is 0 Å². The molecular weight excluding hydrogens is 188 g/mol. The summed E-state index contributed by atoms with van der Waals surface area (Å²) < 4.78 is 5.37. The third kappa shape index (κ3) is 4.52. The highest BCUT2D eigenvalue weighted by atomic mass is 16.4. The second kappa shape index (κ2) is 6.67. The van der Waals surface area contributed by atoms with Gasteiger partial charge in [-0.05, 0) is 25.5 Å². The predicted molar refractivity (Wildman–Crippen MR) is 61.8 cm³/mol. The van der Waals surface area contributed by atoms with E-state index in [4.69, 9.17) is 4.42 Å². The maximum atomic E-state index is 9.80. The highest BCUT2D eigenvalue weighted by Crippen LogP contribution is 2.21. The number of furan rings is 1. The number of aryl methyl sites for hydroxylation is 1. The molecule has 0 aliphatic heterocycles. The summed E-state index contributed by atoms with van der Waals surface area (Å²) in [5, 5.41) is 9.80. The summed E-state index contributed by atoms with van der Waals surface area (Å²) in [6, 6.07) is 3.77. The number of rotatable bonds is 7. The van der Waals surface area contributed by atoms with Crippen molar-refractivity contribution in [3.63, 3.8) is 0 Å². The summed E-state index contributed by atoms with van der Waals surface area (Å²) in [6.07, 6.45) is 6.54. The third-order valence-electron chi connectivity index (χ3n) is 2.67. The Labute approximate surface area is 92.3 Å². The molecule has 0 spiro atoms. The van der Waals surface area contributed by atoms with Gasteiger partial charge >= 0.3 is 0 Å². The van der Waals surface area contributed by atoms with Crippen LogP contribution in [0.15, 0.2) is 16.5 Å². The highest BCUT2D eigenvalue weighted by molar-refractivity contribution is 5.07. The van der Waals surface area contributed by atoms with E-state index in [0.717, 1.165) is 18.6 Å². The topological polar surface area (TPSA) is 33.4 Å². The molecule has 2 heteroatoms. The van der Waals surface area contributed by atoms with Crippen molar-refractivity contribution in [2.45, 2.75) is 58.5 Å². The third-order valence-corrected chi connectivity index (χ3v) is 2.67. The van der Waals surface area contributed by atoms with E-state index in [1.54, 1.807) is 0 Å². The van der Waals surface area contributed by atoms with Gasteiger partial charge in [-0.15, -0.1) is 0 Å². The molecule has 2 nitrogen and oxygen atoms in total. The van der Waals surface area contributed by atoms with Crippen LogP contribution in [-0.4, -0.2) is 5.11 Å². The van der Waals surface area contributed by atoms with Crippen molar-refractivity contribution >= 4 is 0 Å². The van der Waals surface area contributed by atoms with Gasteiger partial charge in [-0.25, -0.2) is 0 Å². The van der Waals surface area contributed by atoms with Gasteiger partial charge < -0.3 is 9.52 Å². The molecule has 0 aromatic carbocycles. The molecule has 86 valence electrons. The molecule has 1 heterocycles.